The van der Waals surface area contributed by atoms with E-state index in [4.69, 9.17) is 9.47 Å². The van der Waals surface area contributed by atoms with Gasteiger partial charge >= 0.3 is 5.97 Å². The smallest absolute Gasteiger partial charge is 0.343 e. The van der Waals surface area contributed by atoms with Crippen LogP contribution in [0.2, 0.25) is 0 Å². The van der Waals surface area contributed by atoms with Gasteiger partial charge in [-0.15, -0.1) is 0 Å². The van der Waals surface area contributed by atoms with Crippen LogP contribution in [-0.4, -0.2) is 31.2 Å². The van der Waals surface area contributed by atoms with Crippen molar-refractivity contribution in [1.29, 1.82) is 0 Å². The minimum atomic E-state index is -0.490. The Hall–Kier alpha value is -4.17. The van der Waals surface area contributed by atoms with Crippen molar-refractivity contribution in [3.8, 4) is 11.5 Å². The number of carbonyl (C=O) groups is 2. The van der Waals surface area contributed by atoms with Gasteiger partial charge in [0, 0.05) is 15.5 Å². The molecule has 1 amide bonds. The van der Waals surface area contributed by atoms with Crippen LogP contribution in [-0.2, 0) is 4.79 Å². The van der Waals surface area contributed by atoms with Crippen molar-refractivity contribution in [2.75, 3.05) is 18.5 Å². The lowest BCUT2D eigenvalue weighted by molar-refractivity contribution is -0.119. The van der Waals surface area contributed by atoms with E-state index in [9.17, 15) is 9.59 Å². The van der Waals surface area contributed by atoms with E-state index in [-0.39, 0.29) is 12.5 Å². The van der Waals surface area contributed by atoms with Crippen molar-refractivity contribution in [2.45, 2.75) is 6.92 Å². The van der Waals surface area contributed by atoms with Crippen molar-refractivity contribution >= 4 is 50.5 Å². The van der Waals surface area contributed by atoms with Gasteiger partial charge in [-0.2, -0.15) is 5.10 Å². The number of anilines is 1. The number of fused-ring (bicyclic) bond motifs is 1. The van der Waals surface area contributed by atoms with Crippen LogP contribution in [0.25, 0.3) is 10.8 Å². The molecule has 0 saturated carbocycles. The molecule has 0 heterocycles. The fraction of sp³-hybridized carbons (Fsp3) is 0.107. The molecule has 0 aromatic heterocycles. The first-order valence-corrected chi connectivity index (χ1v) is 12.1. The first-order valence-electron chi connectivity index (χ1n) is 11.3. The average molecular weight is 546 g/mol. The molecule has 0 saturated heterocycles. The number of benzene rings is 4. The predicted octanol–water partition coefficient (Wildman–Crippen LogP) is 5.78. The summed E-state index contributed by atoms with van der Waals surface area (Å²) in [5.74, 6) is -0.0822. The molecule has 8 heteroatoms. The summed E-state index contributed by atoms with van der Waals surface area (Å²) >= 11 is 3.34. The number of nitrogens with one attached hydrogen (secondary N) is 2. The van der Waals surface area contributed by atoms with Crippen molar-refractivity contribution in [2.24, 2.45) is 5.10 Å². The molecular formula is C28H24BrN3O4. The number of hydrazone groups is 1. The fourth-order valence-electron chi connectivity index (χ4n) is 3.48. The molecule has 2 N–H and O–H groups in total. The number of rotatable bonds is 9. The lowest BCUT2D eigenvalue weighted by Crippen LogP contribution is -2.25. The predicted molar refractivity (Wildman–Crippen MR) is 145 cm³/mol. The van der Waals surface area contributed by atoms with Crippen LogP contribution >= 0.6 is 15.9 Å². The highest BCUT2D eigenvalue weighted by atomic mass is 79.9. The molecule has 4 aromatic carbocycles. The minimum Gasteiger partial charge on any atom is -0.490 e. The number of nitrogens with zero attached hydrogens (tertiary/aromatic N) is 1. The summed E-state index contributed by atoms with van der Waals surface area (Å²) < 4.78 is 12.0. The quantitative estimate of drug-likeness (QED) is 0.120. The highest BCUT2D eigenvalue weighted by Crippen LogP contribution is 2.29. The minimum absolute atomic E-state index is 0.0699. The molecule has 4 aromatic rings. The van der Waals surface area contributed by atoms with Gasteiger partial charge in [-0.25, -0.2) is 10.2 Å². The summed E-state index contributed by atoms with van der Waals surface area (Å²) in [5, 5.41) is 9.32. The second kappa shape index (κ2) is 12.0. The Bertz CT molecular complexity index is 1400. The topological polar surface area (TPSA) is 89.0 Å². The van der Waals surface area contributed by atoms with Crippen molar-refractivity contribution < 1.29 is 19.1 Å². The third-order valence-electron chi connectivity index (χ3n) is 5.18. The Kier molecular flexibility index (Phi) is 8.31. The normalized spacial score (nSPS) is 10.8. The van der Waals surface area contributed by atoms with Gasteiger partial charge in [0.25, 0.3) is 5.91 Å². The molecule has 0 aliphatic carbocycles. The van der Waals surface area contributed by atoms with Crippen LogP contribution in [0, 0.1) is 0 Å². The lowest BCUT2D eigenvalue weighted by Gasteiger charge is -2.11. The lowest BCUT2D eigenvalue weighted by atomic mass is 10.1. The Balaban J connectivity index is 1.36. The summed E-state index contributed by atoms with van der Waals surface area (Å²) in [4.78, 5) is 24.7. The highest BCUT2D eigenvalue weighted by molar-refractivity contribution is 9.10. The highest BCUT2D eigenvalue weighted by Gasteiger charge is 2.13. The summed E-state index contributed by atoms with van der Waals surface area (Å²) in [6, 6.07) is 25.8. The fourth-order valence-corrected chi connectivity index (χ4v) is 3.74. The second-order valence-electron chi connectivity index (χ2n) is 7.71. The maximum Gasteiger partial charge on any atom is 0.343 e. The van der Waals surface area contributed by atoms with Crippen LogP contribution in [0.4, 0.5) is 5.69 Å². The van der Waals surface area contributed by atoms with E-state index < -0.39 is 5.97 Å². The molecule has 0 atom stereocenters. The number of hydrogen-bond acceptors (Lipinski definition) is 6. The van der Waals surface area contributed by atoms with Gasteiger partial charge in [0.2, 0.25) is 0 Å². The molecule has 0 unspecified atom stereocenters. The van der Waals surface area contributed by atoms with Gasteiger partial charge in [0.1, 0.15) is 0 Å². The summed E-state index contributed by atoms with van der Waals surface area (Å²) in [5.41, 5.74) is 4.48. The first-order chi connectivity index (χ1) is 17.5. The first kappa shape index (κ1) is 24.9. The molecular weight excluding hydrogens is 522 g/mol. The van der Waals surface area contributed by atoms with E-state index in [2.05, 4.69) is 31.8 Å². The Labute approximate surface area is 217 Å². The molecule has 4 rings (SSSR count). The maximum atomic E-state index is 12.5. The monoisotopic (exact) mass is 545 g/mol. The van der Waals surface area contributed by atoms with Crippen molar-refractivity contribution in [1.82, 2.24) is 5.43 Å². The number of halogens is 1. The van der Waals surface area contributed by atoms with Crippen LogP contribution in [0.3, 0.4) is 0 Å². The maximum absolute atomic E-state index is 12.5. The average Bonchev–Trinajstić information content (AvgIpc) is 2.89. The van der Waals surface area contributed by atoms with E-state index >= 15 is 0 Å². The van der Waals surface area contributed by atoms with Crippen LogP contribution < -0.4 is 20.2 Å². The largest absolute Gasteiger partial charge is 0.490 e. The van der Waals surface area contributed by atoms with Gasteiger partial charge in [-0.3, -0.25) is 4.79 Å². The van der Waals surface area contributed by atoms with Crippen LogP contribution in [0.5, 0.6) is 11.5 Å². The zero-order chi connectivity index (χ0) is 25.3. The van der Waals surface area contributed by atoms with Gasteiger partial charge in [0.15, 0.2) is 11.5 Å². The van der Waals surface area contributed by atoms with E-state index in [1.165, 1.54) is 6.21 Å². The number of carbonyl (C=O) groups excluding carboxylic acids is 2. The zero-order valence-corrected chi connectivity index (χ0v) is 21.1. The number of esters is 1. The molecule has 0 bridgehead atoms. The number of amides is 1. The van der Waals surface area contributed by atoms with E-state index in [1.807, 2.05) is 49.4 Å². The SMILES string of the molecule is CCOc1cc(C=NNC(=O)CNc2cccc3ccccc23)ccc1OC(=O)c1ccc(Br)cc1. The van der Waals surface area contributed by atoms with E-state index in [0.29, 0.717) is 29.2 Å². The Morgan fingerprint density at radius 1 is 0.944 bits per heavy atom. The summed E-state index contributed by atoms with van der Waals surface area (Å²) in [7, 11) is 0. The molecule has 0 aliphatic heterocycles. The molecule has 0 fully saturated rings. The molecule has 0 aliphatic rings. The third-order valence-corrected chi connectivity index (χ3v) is 5.71. The molecule has 0 spiro atoms. The van der Waals surface area contributed by atoms with E-state index in [0.717, 1.165) is 20.9 Å². The molecule has 182 valence electrons. The number of hydrogen-bond donors (Lipinski definition) is 2. The van der Waals surface area contributed by atoms with Crippen LogP contribution in [0.1, 0.15) is 22.8 Å². The van der Waals surface area contributed by atoms with Crippen LogP contribution in [0.15, 0.2) is 94.5 Å². The second-order valence-corrected chi connectivity index (χ2v) is 8.62. The summed E-state index contributed by atoms with van der Waals surface area (Å²) in [6.45, 7) is 2.30. The summed E-state index contributed by atoms with van der Waals surface area (Å²) in [6.07, 6.45) is 1.50. The number of ether oxygens (including phenoxy) is 2. The van der Waals surface area contributed by atoms with Gasteiger partial charge in [0.05, 0.1) is 24.9 Å². The van der Waals surface area contributed by atoms with Gasteiger partial charge in [-0.05, 0) is 66.4 Å². The van der Waals surface area contributed by atoms with E-state index in [1.54, 1.807) is 42.5 Å². The Morgan fingerprint density at radius 3 is 2.53 bits per heavy atom. The molecule has 7 nitrogen and oxygen atoms in total. The van der Waals surface area contributed by atoms with Crippen molar-refractivity contribution in [3.63, 3.8) is 0 Å². The molecule has 0 radical (unpaired) electrons. The standard InChI is InChI=1S/C28H24BrN3O4/c1-2-35-26-16-19(10-15-25(26)36-28(34)21-11-13-22(29)14-12-21)17-31-32-27(33)18-30-24-9-5-7-20-6-3-4-8-23(20)24/h3-17,30H,2,18H2,1H3,(H,32,33). The molecule has 36 heavy (non-hydrogen) atoms. The van der Waals surface area contributed by atoms with Gasteiger partial charge < -0.3 is 14.8 Å². The zero-order valence-electron chi connectivity index (χ0n) is 19.5. The van der Waals surface area contributed by atoms with Gasteiger partial charge in [-0.1, -0.05) is 52.3 Å². The third kappa shape index (κ3) is 6.49. The Morgan fingerprint density at radius 2 is 1.72 bits per heavy atom. The van der Waals surface area contributed by atoms with Crippen molar-refractivity contribution in [3.05, 3.63) is 101 Å².